The molecule has 3 N–H and O–H groups in total. The van der Waals surface area contributed by atoms with Gasteiger partial charge in [-0.25, -0.2) is 5.43 Å². The standard InChI is InChI=1S/C16H14Br2N2O4/c1-9-4-11(17)5-13(18)16(9)24-8-15(23)20-19-7-10-2-3-12(21)6-14(10)22/h2-7,21-22H,8H2,1H3,(H,20,23). The largest absolute Gasteiger partial charge is 0.508 e. The number of nitrogens with zero attached hydrogens (tertiary/aromatic N) is 1. The van der Waals surface area contributed by atoms with Crippen molar-refractivity contribution in [3.63, 3.8) is 0 Å². The van der Waals surface area contributed by atoms with E-state index in [9.17, 15) is 15.0 Å². The molecule has 0 saturated carbocycles. The number of aromatic hydroxyl groups is 2. The number of phenolic OH excluding ortho intramolecular Hbond substituents is 2. The summed E-state index contributed by atoms with van der Waals surface area (Å²) in [5.74, 6) is -0.0663. The number of ether oxygens (including phenoxy) is 1. The third kappa shape index (κ3) is 4.97. The Hall–Kier alpha value is -2.06. The molecule has 2 aromatic carbocycles. The summed E-state index contributed by atoms with van der Waals surface area (Å²) in [6.07, 6.45) is 1.27. The van der Waals surface area contributed by atoms with E-state index in [2.05, 4.69) is 42.4 Å². The first kappa shape index (κ1) is 18.3. The van der Waals surface area contributed by atoms with Crippen LogP contribution in [-0.4, -0.2) is 28.9 Å². The van der Waals surface area contributed by atoms with E-state index in [1.807, 2.05) is 19.1 Å². The lowest BCUT2D eigenvalue weighted by Crippen LogP contribution is -2.24. The van der Waals surface area contributed by atoms with Crippen LogP contribution < -0.4 is 10.2 Å². The van der Waals surface area contributed by atoms with Gasteiger partial charge in [0.05, 0.1) is 10.7 Å². The zero-order valence-electron chi connectivity index (χ0n) is 12.6. The van der Waals surface area contributed by atoms with Crippen LogP contribution in [0.3, 0.4) is 0 Å². The van der Waals surface area contributed by atoms with Crippen LogP contribution in [0.2, 0.25) is 0 Å². The Morgan fingerprint density at radius 3 is 2.71 bits per heavy atom. The first-order valence-corrected chi connectivity index (χ1v) is 8.37. The Bertz CT molecular complexity index is 771. The molecule has 0 bridgehead atoms. The third-order valence-corrected chi connectivity index (χ3v) is 4.00. The fourth-order valence-corrected chi connectivity index (χ4v) is 3.41. The van der Waals surface area contributed by atoms with E-state index in [0.29, 0.717) is 11.3 Å². The summed E-state index contributed by atoms with van der Waals surface area (Å²) < 4.78 is 7.13. The molecule has 0 spiro atoms. The summed E-state index contributed by atoms with van der Waals surface area (Å²) in [5, 5.41) is 22.5. The molecule has 2 aromatic rings. The second-order valence-corrected chi connectivity index (χ2v) is 6.63. The van der Waals surface area contributed by atoms with Gasteiger partial charge in [-0.05, 0) is 52.7 Å². The zero-order valence-corrected chi connectivity index (χ0v) is 15.8. The molecular formula is C16H14Br2N2O4. The number of benzene rings is 2. The number of hydrogen-bond donors (Lipinski definition) is 3. The molecule has 0 saturated heterocycles. The van der Waals surface area contributed by atoms with Gasteiger partial charge in [0.2, 0.25) is 0 Å². The number of halogens is 2. The van der Waals surface area contributed by atoms with E-state index in [1.165, 1.54) is 24.4 Å². The Morgan fingerprint density at radius 1 is 1.29 bits per heavy atom. The van der Waals surface area contributed by atoms with Gasteiger partial charge in [0.15, 0.2) is 6.61 Å². The van der Waals surface area contributed by atoms with Gasteiger partial charge in [0.1, 0.15) is 17.2 Å². The van der Waals surface area contributed by atoms with Crippen LogP contribution in [0.5, 0.6) is 17.2 Å². The number of carbonyl (C=O) groups is 1. The monoisotopic (exact) mass is 456 g/mol. The number of carbonyl (C=O) groups excluding carboxylic acids is 1. The Kier molecular flexibility index (Phi) is 6.22. The second kappa shape index (κ2) is 8.16. The molecule has 0 atom stereocenters. The van der Waals surface area contributed by atoms with Crippen LogP contribution in [0, 0.1) is 6.92 Å². The van der Waals surface area contributed by atoms with Crippen LogP contribution in [0.25, 0.3) is 0 Å². The Morgan fingerprint density at radius 2 is 2.04 bits per heavy atom. The van der Waals surface area contributed by atoms with E-state index in [-0.39, 0.29) is 18.1 Å². The zero-order chi connectivity index (χ0) is 17.7. The maximum atomic E-state index is 11.8. The van der Waals surface area contributed by atoms with E-state index in [0.717, 1.165) is 14.5 Å². The molecule has 0 fully saturated rings. The molecule has 0 aliphatic heterocycles. The van der Waals surface area contributed by atoms with Gasteiger partial charge in [-0.2, -0.15) is 5.10 Å². The Balaban J connectivity index is 1.91. The fourth-order valence-electron chi connectivity index (χ4n) is 1.86. The minimum absolute atomic E-state index is 0.0578. The van der Waals surface area contributed by atoms with Gasteiger partial charge in [0.25, 0.3) is 5.91 Å². The van der Waals surface area contributed by atoms with Crippen molar-refractivity contribution >= 4 is 44.0 Å². The first-order valence-electron chi connectivity index (χ1n) is 6.79. The van der Waals surface area contributed by atoms with E-state index in [1.54, 1.807) is 0 Å². The topological polar surface area (TPSA) is 91.2 Å². The maximum absolute atomic E-state index is 11.8. The fraction of sp³-hybridized carbons (Fsp3) is 0.125. The van der Waals surface area contributed by atoms with Gasteiger partial charge >= 0.3 is 0 Å². The van der Waals surface area contributed by atoms with Gasteiger partial charge in [-0.1, -0.05) is 15.9 Å². The smallest absolute Gasteiger partial charge is 0.277 e. The summed E-state index contributed by atoms with van der Waals surface area (Å²) in [6, 6.07) is 7.76. The average Bonchev–Trinajstić information content (AvgIpc) is 2.48. The molecule has 0 aromatic heterocycles. The lowest BCUT2D eigenvalue weighted by Gasteiger charge is -2.10. The van der Waals surface area contributed by atoms with Crippen molar-refractivity contribution in [2.75, 3.05) is 6.61 Å². The van der Waals surface area contributed by atoms with Crippen molar-refractivity contribution < 1.29 is 19.7 Å². The minimum atomic E-state index is -0.446. The number of hydrogen-bond acceptors (Lipinski definition) is 5. The average molecular weight is 458 g/mol. The predicted octanol–water partition coefficient (Wildman–Crippen LogP) is 3.46. The number of nitrogens with one attached hydrogen (secondary N) is 1. The first-order chi connectivity index (χ1) is 11.4. The quantitative estimate of drug-likeness (QED) is 0.473. The van der Waals surface area contributed by atoms with Gasteiger partial charge in [-0.3, -0.25) is 4.79 Å². The molecule has 2 rings (SSSR count). The molecule has 6 nitrogen and oxygen atoms in total. The van der Waals surface area contributed by atoms with Crippen molar-refractivity contribution in [3.8, 4) is 17.2 Å². The maximum Gasteiger partial charge on any atom is 0.277 e. The highest BCUT2D eigenvalue weighted by Crippen LogP contribution is 2.32. The van der Waals surface area contributed by atoms with Crippen LogP contribution in [0.15, 0.2) is 44.4 Å². The summed E-state index contributed by atoms with van der Waals surface area (Å²) in [4.78, 5) is 11.8. The van der Waals surface area contributed by atoms with Gasteiger partial charge in [0, 0.05) is 16.1 Å². The normalized spacial score (nSPS) is 10.8. The number of rotatable bonds is 5. The lowest BCUT2D eigenvalue weighted by atomic mass is 10.2. The van der Waals surface area contributed by atoms with Crippen LogP contribution in [-0.2, 0) is 4.79 Å². The Labute approximate surface area is 155 Å². The van der Waals surface area contributed by atoms with Crippen molar-refractivity contribution in [3.05, 3.63) is 50.4 Å². The van der Waals surface area contributed by atoms with Crippen LogP contribution >= 0.6 is 31.9 Å². The number of hydrazone groups is 1. The minimum Gasteiger partial charge on any atom is -0.508 e. The van der Waals surface area contributed by atoms with Crippen molar-refractivity contribution in [1.82, 2.24) is 5.43 Å². The summed E-state index contributed by atoms with van der Waals surface area (Å²) >= 11 is 6.75. The SMILES string of the molecule is Cc1cc(Br)cc(Br)c1OCC(=O)NN=Cc1ccc(O)cc1O. The molecular weight excluding hydrogens is 444 g/mol. The molecule has 0 radical (unpaired) electrons. The highest BCUT2D eigenvalue weighted by Gasteiger charge is 2.09. The highest BCUT2D eigenvalue weighted by molar-refractivity contribution is 9.11. The summed E-state index contributed by atoms with van der Waals surface area (Å²) in [6.45, 7) is 1.66. The molecule has 0 unspecified atom stereocenters. The van der Waals surface area contributed by atoms with E-state index >= 15 is 0 Å². The number of phenols is 2. The summed E-state index contributed by atoms with van der Waals surface area (Å²) in [5.41, 5.74) is 3.54. The molecule has 126 valence electrons. The van der Waals surface area contributed by atoms with E-state index in [4.69, 9.17) is 4.74 Å². The van der Waals surface area contributed by atoms with Crippen molar-refractivity contribution in [2.45, 2.75) is 6.92 Å². The molecule has 0 aliphatic carbocycles. The summed E-state index contributed by atoms with van der Waals surface area (Å²) in [7, 11) is 0. The van der Waals surface area contributed by atoms with Crippen LogP contribution in [0.4, 0.5) is 0 Å². The van der Waals surface area contributed by atoms with Gasteiger partial charge < -0.3 is 14.9 Å². The number of amides is 1. The number of aryl methyl sites for hydroxylation is 1. The lowest BCUT2D eigenvalue weighted by molar-refractivity contribution is -0.123. The molecule has 8 heteroatoms. The third-order valence-electron chi connectivity index (χ3n) is 2.95. The van der Waals surface area contributed by atoms with Gasteiger partial charge in [-0.15, -0.1) is 0 Å². The molecule has 24 heavy (non-hydrogen) atoms. The molecule has 0 heterocycles. The predicted molar refractivity (Wildman–Crippen MR) is 97.6 cm³/mol. The van der Waals surface area contributed by atoms with Crippen molar-refractivity contribution in [1.29, 1.82) is 0 Å². The van der Waals surface area contributed by atoms with Crippen molar-refractivity contribution in [2.24, 2.45) is 5.10 Å². The van der Waals surface area contributed by atoms with Crippen LogP contribution in [0.1, 0.15) is 11.1 Å². The van der Waals surface area contributed by atoms with E-state index < -0.39 is 5.91 Å². The molecule has 1 amide bonds. The highest BCUT2D eigenvalue weighted by atomic mass is 79.9. The second-order valence-electron chi connectivity index (χ2n) is 4.86. The molecule has 0 aliphatic rings.